The molecule has 0 radical (unpaired) electrons. The smallest absolute Gasteiger partial charge is 0.178 e. The van der Waals surface area contributed by atoms with E-state index in [1.165, 1.54) is 0 Å². The van der Waals surface area contributed by atoms with E-state index in [0.717, 1.165) is 17.9 Å². The normalized spacial score (nSPS) is 11.7. The molecular weight excluding hydrogens is 367 g/mol. The van der Waals surface area contributed by atoms with Gasteiger partial charge >= 0.3 is 0 Å². The van der Waals surface area contributed by atoms with Crippen LogP contribution < -0.4 is 0 Å². The number of hydrogen-bond donors (Lipinski definition) is 0. The van der Waals surface area contributed by atoms with E-state index in [0.29, 0.717) is 11.6 Å². The van der Waals surface area contributed by atoms with Crippen LogP contribution in [0, 0.1) is 18.6 Å². The van der Waals surface area contributed by atoms with E-state index in [1.807, 2.05) is 6.92 Å². The minimum atomic E-state index is -3.95. The highest BCUT2D eigenvalue weighted by atomic mass is 32.2. The number of sulfone groups is 1. The Labute approximate surface area is 148 Å². The van der Waals surface area contributed by atoms with Gasteiger partial charge in [-0.1, -0.05) is 35.0 Å². The number of aryl methyl sites for hydroxylation is 1. The topological polar surface area (TPSA) is 60.2 Å². The second-order valence-electron chi connectivity index (χ2n) is 5.86. The van der Waals surface area contributed by atoms with Crippen molar-refractivity contribution in [1.29, 1.82) is 0 Å². The molecule has 0 bridgehead atoms. The average Bonchev–Trinajstić information content (AvgIpc) is 3.00. The summed E-state index contributed by atoms with van der Waals surface area (Å²) in [5, 5.41) is 3.78. The maximum atomic E-state index is 14.6. The fraction of sp³-hybridized carbons (Fsp3) is 0.167. The average molecular weight is 381 g/mol. The predicted molar refractivity (Wildman–Crippen MR) is 89.9 cm³/mol. The Morgan fingerprint density at radius 2 is 1.73 bits per heavy atom. The Hall–Kier alpha value is -2.61. The maximum absolute atomic E-state index is 14.6. The molecule has 8 heteroatoms. The van der Waals surface area contributed by atoms with E-state index < -0.39 is 33.0 Å². The molecule has 0 unspecified atom stereocenters. The SMILES string of the molecule is Cc1ccc(-c2noc(CF)c2-c2cc(F)c(S(C)(=O)=O)cc2F)cc1. The Balaban J connectivity index is 2.26. The molecule has 0 amide bonds. The van der Waals surface area contributed by atoms with Crippen molar-refractivity contribution < 1.29 is 26.1 Å². The van der Waals surface area contributed by atoms with Gasteiger partial charge < -0.3 is 4.52 Å². The summed E-state index contributed by atoms with van der Waals surface area (Å²) in [6.07, 6.45) is 0.772. The Morgan fingerprint density at radius 3 is 2.31 bits per heavy atom. The molecule has 0 N–H and O–H groups in total. The first-order chi connectivity index (χ1) is 12.2. The number of halogens is 3. The van der Waals surface area contributed by atoms with E-state index in [9.17, 15) is 21.6 Å². The van der Waals surface area contributed by atoms with Crippen molar-refractivity contribution in [2.75, 3.05) is 6.26 Å². The van der Waals surface area contributed by atoms with Crippen molar-refractivity contribution in [3.63, 3.8) is 0 Å². The highest BCUT2D eigenvalue weighted by molar-refractivity contribution is 7.90. The van der Waals surface area contributed by atoms with E-state index in [2.05, 4.69) is 5.16 Å². The summed E-state index contributed by atoms with van der Waals surface area (Å²) >= 11 is 0. The lowest BCUT2D eigenvalue weighted by Crippen LogP contribution is -2.03. The first-order valence-electron chi connectivity index (χ1n) is 7.53. The highest BCUT2D eigenvalue weighted by Crippen LogP contribution is 2.38. The van der Waals surface area contributed by atoms with Gasteiger partial charge in [-0.25, -0.2) is 21.6 Å². The number of hydrogen-bond acceptors (Lipinski definition) is 4. The Morgan fingerprint density at radius 1 is 1.08 bits per heavy atom. The zero-order chi connectivity index (χ0) is 19.1. The van der Waals surface area contributed by atoms with Crippen LogP contribution in [0.1, 0.15) is 11.3 Å². The van der Waals surface area contributed by atoms with Gasteiger partial charge in [0.15, 0.2) is 22.3 Å². The minimum Gasteiger partial charge on any atom is -0.357 e. The Kier molecular flexibility index (Phi) is 4.62. The molecule has 0 fully saturated rings. The number of alkyl halides is 1. The quantitative estimate of drug-likeness (QED) is 0.669. The van der Waals surface area contributed by atoms with Crippen LogP contribution in [0.2, 0.25) is 0 Å². The van der Waals surface area contributed by atoms with Gasteiger partial charge in [0.05, 0.1) is 5.56 Å². The van der Waals surface area contributed by atoms with Crippen LogP contribution in [0.4, 0.5) is 13.2 Å². The lowest BCUT2D eigenvalue weighted by atomic mass is 9.98. The van der Waals surface area contributed by atoms with Gasteiger partial charge in [-0.3, -0.25) is 0 Å². The van der Waals surface area contributed by atoms with Gasteiger partial charge in [-0.05, 0) is 19.1 Å². The third-order valence-corrected chi connectivity index (χ3v) is 5.01. The van der Waals surface area contributed by atoms with Crippen LogP contribution >= 0.6 is 0 Å². The van der Waals surface area contributed by atoms with E-state index in [1.54, 1.807) is 24.3 Å². The molecule has 3 aromatic rings. The predicted octanol–water partition coefficient (Wildman–Crippen LogP) is 4.47. The van der Waals surface area contributed by atoms with Crippen LogP contribution in [-0.2, 0) is 16.5 Å². The van der Waals surface area contributed by atoms with Gasteiger partial charge in [-0.15, -0.1) is 0 Å². The summed E-state index contributed by atoms with van der Waals surface area (Å²) in [6.45, 7) is 0.794. The van der Waals surface area contributed by atoms with Crippen LogP contribution in [0.3, 0.4) is 0 Å². The van der Waals surface area contributed by atoms with Gasteiger partial charge in [0.1, 0.15) is 22.2 Å². The van der Waals surface area contributed by atoms with Crippen LogP contribution in [0.25, 0.3) is 22.4 Å². The molecule has 0 saturated heterocycles. The lowest BCUT2D eigenvalue weighted by Gasteiger charge is -2.08. The van der Waals surface area contributed by atoms with E-state index in [-0.39, 0.29) is 22.6 Å². The van der Waals surface area contributed by atoms with Gasteiger partial charge in [0.2, 0.25) is 0 Å². The molecule has 0 aliphatic carbocycles. The fourth-order valence-corrected chi connectivity index (χ4v) is 3.34. The molecule has 4 nitrogen and oxygen atoms in total. The third kappa shape index (κ3) is 3.24. The summed E-state index contributed by atoms with van der Waals surface area (Å²) in [5.41, 5.74) is 1.27. The van der Waals surface area contributed by atoms with E-state index in [4.69, 9.17) is 4.52 Å². The maximum Gasteiger partial charge on any atom is 0.178 e. The van der Waals surface area contributed by atoms with Crippen molar-refractivity contribution in [3.8, 4) is 22.4 Å². The number of benzene rings is 2. The molecule has 0 aliphatic rings. The van der Waals surface area contributed by atoms with Crippen molar-refractivity contribution in [2.24, 2.45) is 0 Å². The summed E-state index contributed by atoms with van der Waals surface area (Å²) < 4.78 is 70.2. The second kappa shape index (κ2) is 6.60. The molecule has 2 aromatic carbocycles. The monoisotopic (exact) mass is 381 g/mol. The second-order valence-corrected chi connectivity index (χ2v) is 7.85. The summed E-state index contributed by atoms with van der Waals surface area (Å²) in [4.78, 5) is -0.770. The number of rotatable bonds is 4. The van der Waals surface area contributed by atoms with Crippen molar-refractivity contribution in [3.05, 3.63) is 59.4 Å². The molecular formula is C18H14F3NO3S. The molecule has 0 aliphatic heterocycles. The summed E-state index contributed by atoms with van der Waals surface area (Å²) in [6, 6.07) is 8.25. The summed E-state index contributed by atoms with van der Waals surface area (Å²) in [5.74, 6) is -2.42. The van der Waals surface area contributed by atoms with Crippen LogP contribution in [0.5, 0.6) is 0 Å². The molecule has 0 spiro atoms. The zero-order valence-electron chi connectivity index (χ0n) is 13.9. The highest BCUT2D eigenvalue weighted by Gasteiger charge is 2.25. The van der Waals surface area contributed by atoms with Gasteiger partial charge in [0, 0.05) is 17.4 Å². The van der Waals surface area contributed by atoms with Crippen molar-refractivity contribution in [1.82, 2.24) is 5.16 Å². The summed E-state index contributed by atoms with van der Waals surface area (Å²) in [7, 11) is -3.95. The third-order valence-electron chi connectivity index (χ3n) is 3.90. The number of nitrogens with zero attached hydrogens (tertiary/aromatic N) is 1. The number of aromatic nitrogens is 1. The van der Waals surface area contributed by atoms with Crippen LogP contribution in [-0.4, -0.2) is 19.8 Å². The molecule has 0 saturated carbocycles. The van der Waals surface area contributed by atoms with Gasteiger partial charge in [0.25, 0.3) is 0 Å². The first-order valence-corrected chi connectivity index (χ1v) is 9.42. The van der Waals surface area contributed by atoms with Crippen molar-refractivity contribution >= 4 is 9.84 Å². The molecule has 0 atom stereocenters. The standard InChI is InChI=1S/C18H14F3NO3S/c1-10-3-5-11(6-4-10)18-17(15(9-19)25-22-18)12-7-14(21)16(8-13(12)20)26(2,23)24/h3-8H,9H2,1-2H3. The van der Waals surface area contributed by atoms with Gasteiger partial charge in [-0.2, -0.15) is 0 Å². The zero-order valence-corrected chi connectivity index (χ0v) is 14.7. The minimum absolute atomic E-state index is 0.0483. The first kappa shape index (κ1) is 18.2. The molecule has 136 valence electrons. The molecule has 26 heavy (non-hydrogen) atoms. The molecule has 1 heterocycles. The lowest BCUT2D eigenvalue weighted by molar-refractivity contribution is 0.332. The largest absolute Gasteiger partial charge is 0.357 e. The fourth-order valence-electron chi connectivity index (χ4n) is 2.61. The molecule has 1 aromatic heterocycles. The Bertz CT molecular complexity index is 1070. The van der Waals surface area contributed by atoms with Crippen LogP contribution in [0.15, 0.2) is 45.8 Å². The van der Waals surface area contributed by atoms with E-state index >= 15 is 0 Å². The van der Waals surface area contributed by atoms with Crippen molar-refractivity contribution in [2.45, 2.75) is 18.5 Å². The molecule has 3 rings (SSSR count).